The first-order valence-corrected chi connectivity index (χ1v) is 14.9. The molecule has 0 unspecified atom stereocenters. The summed E-state index contributed by atoms with van der Waals surface area (Å²) in [5.74, 6) is 1.06. The summed E-state index contributed by atoms with van der Waals surface area (Å²) in [5, 5.41) is 3.06. The topological polar surface area (TPSA) is 155 Å². The Morgan fingerprint density at radius 2 is 1.90 bits per heavy atom. The van der Waals surface area contributed by atoms with Crippen molar-refractivity contribution in [3.63, 3.8) is 0 Å². The molecule has 0 aromatic carbocycles. The Balaban J connectivity index is 1.60. The number of rotatable bonds is 10. The van der Waals surface area contributed by atoms with Crippen LogP contribution in [0.4, 0.5) is 5.82 Å². The Bertz CT molecular complexity index is 1730. The molecule has 5 rings (SSSR count). The first-order chi connectivity index (χ1) is 19.2. The average Bonchev–Trinajstić information content (AvgIpc) is 3.81. The van der Waals surface area contributed by atoms with Crippen LogP contribution in [0.25, 0.3) is 22.6 Å². The van der Waals surface area contributed by atoms with Gasteiger partial charge >= 0.3 is 0 Å². The summed E-state index contributed by atoms with van der Waals surface area (Å²) in [4.78, 5) is 41.2. The van der Waals surface area contributed by atoms with Crippen molar-refractivity contribution in [2.75, 3.05) is 18.2 Å². The van der Waals surface area contributed by atoms with E-state index in [0.717, 1.165) is 29.8 Å². The third-order valence-corrected chi connectivity index (χ3v) is 8.88. The van der Waals surface area contributed by atoms with E-state index in [-0.39, 0.29) is 40.5 Å². The molecule has 40 heavy (non-hydrogen) atoms. The highest BCUT2D eigenvalue weighted by Gasteiger charge is 2.31. The van der Waals surface area contributed by atoms with Crippen LogP contribution in [0.1, 0.15) is 69.1 Å². The van der Waals surface area contributed by atoms with E-state index in [4.69, 9.17) is 9.72 Å². The maximum absolute atomic E-state index is 13.7. The van der Waals surface area contributed by atoms with Gasteiger partial charge in [-0.25, -0.2) is 28.4 Å². The monoisotopic (exact) mass is 564 g/mol. The number of methoxy groups -OCH3 is 1. The van der Waals surface area contributed by atoms with Gasteiger partial charge < -0.3 is 10.1 Å². The molecule has 12 nitrogen and oxygen atoms in total. The third-order valence-electron chi connectivity index (χ3n) is 7.16. The molecule has 0 bridgehead atoms. The molecule has 1 aliphatic carbocycles. The molecular weight excluding hydrogens is 532 g/mol. The first kappa shape index (κ1) is 27.6. The van der Waals surface area contributed by atoms with Crippen LogP contribution in [0.15, 0.2) is 34.3 Å². The van der Waals surface area contributed by atoms with Crippen molar-refractivity contribution < 1.29 is 13.2 Å². The molecule has 0 spiro atoms. The molecule has 1 aliphatic rings. The number of sulfone groups is 1. The number of hydrogen-bond donors (Lipinski definition) is 1. The normalized spacial score (nSPS) is 14.3. The van der Waals surface area contributed by atoms with Crippen molar-refractivity contribution in [3.05, 3.63) is 52.1 Å². The molecule has 4 aromatic heterocycles. The van der Waals surface area contributed by atoms with Gasteiger partial charge in [-0.15, -0.1) is 0 Å². The van der Waals surface area contributed by atoms with Gasteiger partial charge in [0.05, 0.1) is 46.9 Å². The van der Waals surface area contributed by atoms with Crippen LogP contribution in [0.5, 0.6) is 5.88 Å². The summed E-state index contributed by atoms with van der Waals surface area (Å²) in [6.45, 7) is 7.58. The summed E-state index contributed by atoms with van der Waals surface area (Å²) < 4.78 is 31.5. The number of pyridine rings is 1. The lowest BCUT2D eigenvalue weighted by atomic mass is 10.1. The van der Waals surface area contributed by atoms with Crippen LogP contribution in [0, 0.1) is 6.92 Å². The molecule has 0 saturated heterocycles. The molecule has 0 radical (unpaired) electrons. The molecule has 1 N–H and O–H groups in total. The van der Waals surface area contributed by atoms with Crippen LogP contribution in [-0.4, -0.2) is 55.8 Å². The van der Waals surface area contributed by atoms with Crippen molar-refractivity contribution in [2.24, 2.45) is 0 Å². The van der Waals surface area contributed by atoms with Gasteiger partial charge in [-0.1, -0.05) is 13.8 Å². The fourth-order valence-electron chi connectivity index (χ4n) is 4.49. The number of hydrogen-bond acceptors (Lipinski definition) is 11. The minimum absolute atomic E-state index is 0.00712. The Hall–Kier alpha value is -4.00. The molecule has 1 fully saturated rings. The molecule has 4 heterocycles. The molecule has 0 aliphatic heterocycles. The second kappa shape index (κ2) is 10.9. The fraction of sp³-hybridized carbons (Fsp3) is 0.444. The van der Waals surface area contributed by atoms with Crippen LogP contribution in [-0.2, 0) is 16.4 Å². The van der Waals surface area contributed by atoms with E-state index < -0.39 is 9.84 Å². The zero-order chi connectivity index (χ0) is 28.6. The maximum Gasteiger partial charge on any atom is 0.295 e. The van der Waals surface area contributed by atoms with E-state index in [9.17, 15) is 13.2 Å². The minimum atomic E-state index is -3.35. The molecule has 1 saturated carbocycles. The van der Waals surface area contributed by atoms with Crippen molar-refractivity contribution in [1.82, 2.24) is 34.5 Å². The van der Waals surface area contributed by atoms with Gasteiger partial charge in [-0.2, -0.15) is 4.98 Å². The van der Waals surface area contributed by atoms with Crippen molar-refractivity contribution >= 4 is 26.8 Å². The zero-order valence-corrected chi connectivity index (χ0v) is 24.0. The Morgan fingerprint density at radius 1 is 1.12 bits per heavy atom. The highest BCUT2D eigenvalue weighted by Crippen LogP contribution is 2.43. The maximum atomic E-state index is 13.7. The highest BCUT2D eigenvalue weighted by atomic mass is 32.2. The van der Waals surface area contributed by atoms with Crippen LogP contribution in [0.2, 0.25) is 0 Å². The fourth-order valence-corrected chi connectivity index (χ4v) is 5.32. The van der Waals surface area contributed by atoms with Gasteiger partial charge in [0.2, 0.25) is 5.88 Å². The van der Waals surface area contributed by atoms with E-state index in [2.05, 4.69) is 30.2 Å². The first-order valence-electron chi connectivity index (χ1n) is 13.3. The molecule has 13 heteroatoms. The number of ether oxygens (including phenoxy) is 1. The quantitative estimate of drug-likeness (QED) is 0.300. The predicted molar refractivity (Wildman–Crippen MR) is 150 cm³/mol. The number of anilines is 1. The summed E-state index contributed by atoms with van der Waals surface area (Å²) in [7, 11) is -1.85. The average molecular weight is 565 g/mol. The minimum Gasteiger partial charge on any atom is -0.479 e. The number of aromatic nitrogens is 7. The predicted octanol–water partition coefficient (Wildman–Crippen LogP) is 3.61. The number of fused-ring (bicyclic) bond motifs is 1. The molecule has 0 amide bonds. The van der Waals surface area contributed by atoms with Gasteiger partial charge in [0.25, 0.3) is 5.56 Å². The third kappa shape index (κ3) is 5.12. The van der Waals surface area contributed by atoms with E-state index in [1.807, 2.05) is 20.8 Å². The van der Waals surface area contributed by atoms with Gasteiger partial charge in [0.1, 0.15) is 6.33 Å². The lowest BCUT2D eigenvalue weighted by Crippen LogP contribution is -2.28. The molecule has 4 aromatic rings. The van der Waals surface area contributed by atoms with Gasteiger partial charge in [-0.05, 0) is 45.2 Å². The lowest BCUT2D eigenvalue weighted by molar-refractivity contribution is 0.401. The van der Waals surface area contributed by atoms with E-state index in [1.165, 1.54) is 19.4 Å². The van der Waals surface area contributed by atoms with Crippen LogP contribution < -0.4 is 15.6 Å². The SMILES string of the molecule is CC[C@@H](C)n1c(=O)c(NCc2ccc(S(=O)(=O)CC)cn2)nc2c(OC)nc(-c3c(C)ncnc3C3CC3)nc21. The summed E-state index contributed by atoms with van der Waals surface area (Å²) in [6, 6.07) is 2.93. The summed E-state index contributed by atoms with van der Waals surface area (Å²) >= 11 is 0. The number of nitrogens with one attached hydrogen (secondary N) is 1. The van der Waals surface area contributed by atoms with Gasteiger partial charge in [0.15, 0.2) is 32.6 Å². The van der Waals surface area contributed by atoms with Crippen molar-refractivity contribution in [1.29, 1.82) is 0 Å². The summed E-state index contributed by atoms with van der Waals surface area (Å²) in [5.41, 5.74) is 3.34. The van der Waals surface area contributed by atoms with Crippen LogP contribution >= 0.6 is 0 Å². The largest absolute Gasteiger partial charge is 0.479 e. The van der Waals surface area contributed by atoms with Gasteiger partial charge in [0, 0.05) is 18.2 Å². The highest BCUT2D eigenvalue weighted by molar-refractivity contribution is 7.91. The van der Waals surface area contributed by atoms with E-state index in [0.29, 0.717) is 35.0 Å². The molecule has 1 atom stereocenters. The van der Waals surface area contributed by atoms with Crippen molar-refractivity contribution in [2.45, 2.75) is 70.4 Å². The number of nitrogens with zero attached hydrogens (tertiary/aromatic N) is 7. The molecule has 210 valence electrons. The second-order valence-corrected chi connectivity index (χ2v) is 12.1. The lowest BCUT2D eigenvalue weighted by Gasteiger charge is -2.19. The second-order valence-electron chi connectivity index (χ2n) is 9.86. The Kier molecular flexibility index (Phi) is 7.49. The standard InChI is InChI=1S/C27H32N8O4S/c1-6-15(3)35-25-22(26(39-5)34-23(33-25)20-16(4)30-14-31-21(20)17-8-9-17)32-24(27(35)36)29-12-18-10-11-19(13-28-18)40(37,38)7-2/h10-11,13-15,17H,6-9,12H2,1-5H3,(H,29,32)/t15-/m1/s1. The van der Waals surface area contributed by atoms with E-state index >= 15 is 0 Å². The number of aryl methyl sites for hydroxylation is 1. The van der Waals surface area contributed by atoms with Crippen molar-refractivity contribution in [3.8, 4) is 17.3 Å². The van der Waals surface area contributed by atoms with E-state index in [1.54, 1.807) is 23.9 Å². The smallest absolute Gasteiger partial charge is 0.295 e. The molecular formula is C27H32N8O4S. The van der Waals surface area contributed by atoms with Gasteiger partial charge in [-0.3, -0.25) is 14.3 Å². The Labute approximate surface area is 232 Å². The summed E-state index contributed by atoms with van der Waals surface area (Å²) in [6.07, 6.45) is 5.66. The Morgan fingerprint density at radius 3 is 2.52 bits per heavy atom. The van der Waals surface area contributed by atoms with Crippen LogP contribution in [0.3, 0.4) is 0 Å². The zero-order valence-electron chi connectivity index (χ0n) is 23.2.